The smallest absolute Gasteiger partial charge is 0.0499 e. The molecule has 1 heterocycles. The number of likely N-dealkylation sites (tertiary alicyclic amines) is 1. The van der Waals surface area contributed by atoms with Gasteiger partial charge in [0.05, 0.1) is 0 Å². The summed E-state index contributed by atoms with van der Waals surface area (Å²) in [6.45, 7) is 4.72. The first kappa shape index (κ1) is 15.0. The van der Waals surface area contributed by atoms with Gasteiger partial charge in [0.15, 0.2) is 0 Å². The van der Waals surface area contributed by atoms with Crippen molar-refractivity contribution < 1.29 is 5.11 Å². The Morgan fingerprint density at radius 2 is 1.95 bits per heavy atom. The van der Waals surface area contributed by atoms with Gasteiger partial charge in [-0.3, -0.25) is 4.90 Å². The van der Waals surface area contributed by atoms with Gasteiger partial charge in [0, 0.05) is 44.2 Å². The van der Waals surface area contributed by atoms with E-state index in [-0.39, 0.29) is 5.41 Å². The van der Waals surface area contributed by atoms with Gasteiger partial charge in [-0.15, -0.1) is 0 Å². The number of aliphatic hydroxyl groups excluding tert-OH is 1. The Balaban J connectivity index is 1.44. The van der Waals surface area contributed by atoms with E-state index in [1.807, 2.05) is 0 Å². The van der Waals surface area contributed by atoms with Gasteiger partial charge in [-0.2, -0.15) is 0 Å². The second-order valence-corrected chi connectivity index (χ2v) is 6.95. The topological polar surface area (TPSA) is 35.5 Å². The Morgan fingerprint density at radius 1 is 1.19 bits per heavy atom. The van der Waals surface area contributed by atoms with Crippen LogP contribution in [0.3, 0.4) is 0 Å². The molecule has 1 unspecified atom stereocenters. The van der Waals surface area contributed by atoms with Gasteiger partial charge < -0.3 is 10.4 Å². The zero-order chi connectivity index (χ0) is 14.5. The van der Waals surface area contributed by atoms with E-state index in [4.69, 9.17) is 0 Å². The minimum Gasteiger partial charge on any atom is -0.396 e. The van der Waals surface area contributed by atoms with Crippen LogP contribution in [0.4, 0.5) is 0 Å². The van der Waals surface area contributed by atoms with E-state index in [1.165, 1.54) is 44.2 Å². The highest BCUT2D eigenvalue weighted by Gasteiger charge is 2.34. The third kappa shape index (κ3) is 3.85. The minimum absolute atomic E-state index is 0.173. The first-order valence-electron chi connectivity index (χ1n) is 8.40. The third-order valence-corrected chi connectivity index (χ3v) is 5.29. The molecule has 3 heteroatoms. The summed E-state index contributed by atoms with van der Waals surface area (Å²) in [6, 6.07) is 11.3. The van der Waals surface area contributed by atoms with Gasteiger partial charge >= 0.3 is 0 Å². The normalized spacial score (nSPS) is 25.5. The average Bonchev–Trinajstić information content (AvgIpc) is 3.16. The summed E-state index contributed by atoms with van der Waals surface area (Å²) in [4.78, 5) is 2.53. The molecule has 2 fully saturated rings. The number of nitrogens with one attached hydrogen (secondary N) is 1. The largest absolute Gasteiger partial charge is 0.396 e. The van der Waals surface area contributed by atoms with Crippen LogP contribution >= 0.6 is 0 Å². The van der Waals surface area contributed by atoms with Gasteiger partial charge in [-0.25, -0.2) is 0 Å². The Bertz CT molecular complexity index is 428. The molecule has 0 amide bonds. The standard InChI is InChI=1S/C18H28N2O/c21-15-18(9-4-5-10-18)14-19-17-8-11-20(13-17)12-16-6-2-1-3-7-16/h1-3,6-7,17,19,21H,4-5,8-15H2. The maximum absolute atomic E-state index is 9.69. The lowest BCUT2D eigenvalue weighted by Gasteiger charge is -2.28. The summed E-state index contributed by atoms with van der Waals surface area (Å²) in [6.07, 6.45) is 6.18. The van der Waals surface area contributed by atoms with Crippen LogP contribution in [-0.4, -0.2) is 42.3 Å². The van der Waals surface area contributed by atoms with Crippen LogP contribution in [0, 0.1) is 5.41 Å². The van der Waals surface area contributed by atoms with Crippen LogP contribution in [0.5, 0.6) is 0 Å². The molecule has 1 aromatic carbocycles. The van der Waals surface area contributed by atoms with Crippen molar-refractivity contribution in [3.05, 3.63) is 35.9 Å². The van der Waals surface area contributed by atoms with E-state index in [9.17, 15) is 5.11 Å². The molecule has 1 atom stereocenters. The third-order valence-electron chi connectivity index (χ3n) is 5.29. The molecule has 3 nitrogen and oxygen atoms in total. The number of rotatable bonds is 6. The molecule has 1 saturated heterocycles. The Hall–Kier alpha value is -0.900. The summed E-state index contributed by atoms with van der Waals surface area (Å²) in [5, 5.41) is 13.4. The molecule has 1 saturated carbocycles. The second-order valence-electron chi connectivity index (χ2n) is 6.95. The van der Waals surface area contributed by atoms with Gasteiger partial charge in [-0.1, -0.05) is 43.2 Å². The lowest BCUT2D eigenvalue weighted by molar-refractivity contribution is 0.124. The van der Waals surface area contributed by atoms with Crippen molar-refractivity contribution in [2.24, 2.45) is 5.41 Å². The maximum Gasteiger partial charge on any atom is 0.0499 e. The van der Waals surface area contributed by atoms with Crippen LogP contribution in [0.15, 0.2) is 30.3 Å². The van der Waals surface area contributed by atoms with Crippen molar-refractivity contribution in [2.45, 2.75) is 44.7 Å². The first-order valence-corrected chi connectivity index (χ1v) is 8.40. The van der Waals surface area contributed by atoms with Crippen molar-refractivity contribution >= 4 is 0 Å². The van der Waals surface area contributed by atoms with Crippen molar-refractivity contribution in [1.82, 2.24) is 10.2 Å². The molecule has 0 radical (unpaired) electrons. The number of hydrogen-bond acceptors (Lipinski definition) is 3. The summed E-state index contributed by atoms with van der Waals surface area (Å²) < 4.78 is 0. The van der Waals surface area contributed by atoms with E-state index in [1.54, 1.807) is 0 Å². The molecule has 2 N–H and O–H groups in total. The lowest BCUT2D eigenvalue weighted by Crippen LogP contribution is -2.41. The van der Waals surface area contributed by atoms with E-state index in [0.29, 0.717) is 12.6 Å². The van der Waals surface area contributed by atoms with Crippen molar-refractivity contribution in [1.29, 1.82) is 0 Å². The molecular weight excluding hydrogens is 260 g/mol. The SMILES string of the molecule is OCC1(CNC2CCN(Cc3ccccc3)C2)CCCC1. The highest BCUT2D eigenvalue weighted by molar-refractivity contribution is 5.14. The Labute approximate surface area is 128 Å². The van der Waals surface area contributed by atoms with E-state index in [0.717, 1.165) is 19.6 Å². The van der Waals surface area contributed by atoms with Gasteiger partial charge in [0.1, 0.15) is 0 Å². The fourth-order valence-electron chi connectivity index (χ4n) is 3.86. The molecular formula is C18H28N2O. The van der Waals surface area contributed by atoms with Crippen LogP contribution in [0.2, 0.25) is 0 Å². The van der Waals surface area contributed by atoms with Gasteiger partial charge in [0.2, 0.25) is 0 Å². The summed E-state index contributed by atoms with van der Waals surface area (Å²) in [5.41, 5.74) is 1.58. The Morgan fingerprint density at radius 3 is 2.67 bits per heavy atom. The predicted octanol–water partition coefficient (Wildman–Crippen LogP) is 2.40. The van der Waals surface area contributed by atoms with E-state index >= 15 is 0 Å². The van der Waals surface area contributed by atoms with E-state index < -0.39 is 0 Å². The molecule has 21 heavy (non-hydrogen) atoms. The summed E-state index contributed by atoms with van der Waals surface area (Å²) >= 11 is 0. The molecule has 1 aliphatic carbocycles. The number of benzene rings is 1. The fraction of sp³-hybridized carbons (Fsp3) is 0.667. The van der Waals surface area contributed by atoms with Crippen molar-refractivity contribution in [3.8, 4) is 0 Å². The molecule has 0 aromatic heterocycles. The number of nitrogens with zero attached hydrogens (tertiary/aromatic N) is 1. The van der Waals surface area contributed by atoms with Gasteiger partial charge in [0.25, 0.3) is 0 Å². The summed E-state index contributed by atoms with van der Waals surface area (Å²) in [7, 11) is 0. The molecule has 1 aromatic rings. The summed E-state index contributed by atoms with van der Waals surface area (Å²) in [5.74, 6) is 0. The molecule has 2 aliphatic rings. The highest BCUT2D eigenvalue weighted by Crippen LogP contribution is 2.37. The van der Waals surface area contributed by atoms with Crippen LogP contribution in [0.25, 0.3) is 0 Å². The monoisotopic (exact) mass is 288 g/mol. The zero-order valence-corrected chi connectivity index (χ0v) is 12.9. The maximum atomic E-state index is 9.69. The quantitative estimate of drug-likeness (QED) is 0.844. The average molecular weight is 288 g/mol. The number of hydrogen-bond donors (Lipinski definition) is 2. The van der Waals surface area contributed by atoms with Crippen molar-refractivity contribution in [2.75, 3.05) is 26.2 Å². The fourth-order valence-corrected chi connectivity index (χ4v) is 3.86. The zero-order valence-electron chi connectivity index (χ0n) is 12.9. The highest BCUT2D eigenvalue weighted by atomic mass is 16.3. The molecule has 1 aliphatic heterocycles. The molecule has 3 rings (SSSR count). The molecule has 0 bridgehead atoms. The molecule has 0 spiro atoms. The van der Waals surface area contributed by atoms with Crippen molar-refractivity contribution in [3.63, 3.8) is 0 Å². The van der Waals surface area contributed by atoms with E-state index in [2.05, 4.69) is 40.5 Å². The van der Waals surface area contributed by atoms with Crippen LogP contribution < -0.4 is 5.32 Å². The lowest BCUT2D eigenvalue weighted by atomic mass is 9.87. The minimum atomic E-state index is 0.173. The number of aliphatic hydroxyl groups is 1. The van der Waals surface area contributed by atoms with Crippen LogP contribution in [-0.2, 0) is 6.54 Å². The van der Waals surface area contributed by atoms with Crippen LogP contribution in [0.1, 0.15) is 37.7 Å². The second kappa shape index (κ2) is 6.91. The Kier molecular flexibility index (Phi) is 4.94. The van der Waals surface area contributed by atoms with Gasteiger partial charge in [-0.05, 0) is 24.8 Å². The predicted molar refractivity (Wildman–Crippen MR) is 86.1 cm³/mol. The first-order chi connectivity index (χ1) is 10.3. The molecule has 116 valence electrons.